The predicted molar refractivity (Wildman–Crippen MR) is 138 cm³/mol. The van der Waals surface area contributed by atoms with Crippen LogP contribution in [0.25, 0.3) is 10.9 Å². The van der Waals surface area contributed by atoms with Crippen LogP contribution in [0.15, 0.2) is 41.2 Å². The van der Waals surface area contributed by atoms with Crippen LogP contribution in [0, 0.1) is 0 Å². The summed E-state index contributed by atoms with van der Waals surface area (Å²) in [6.45, 7) is 2.63. The smallest absolute Gasteiger partial charge is 0.314 e. The van der Waals surface area contributed by atoms with Gasteiger partial charge in [0.2, 0.25) is 5.56 Å². The van der Waals surface area contributed by atoms with Crippen LogP contribution in [0.5, 0.6) is 5.75 Å². The fraction of sp³-hybridized carbons (Fsp3) is 0.393. The normalized spacial score (nSPS) is 16.3. The van der Waals surface area contributed by atoms with E-state index in [1.54, 1.807) is 12.1 Å². The first-order valence-corrected chi connectivity index (χ1v) is 12.4. The number of benzene rings is 2. The van der Waals surface area contributed by atoms with Gasteiger partial charge in [0.25, 0.3) is 0 Å². The van der Waals surface area contributed by atoms with E-state index >= 15 is 0 Å². The lowest BCUT2D eigenvalue weighted by Crippen LogP contribution is -2.45. The first-order valence-electron chi connectivity index (χ1n) is 12.4. The van der Waals surface area contributed by atoms with E-state index in [-0.39, 0.29) is 16.8 Å². The van der Waals surface area contributed by atoms with E-state index in [0.717, 1.165) is 12.8 Å². The van der Waals surface area contributed by atoms with Crippen molar-refractivity contribution in [1.29, 1.82) is 0 Å². The zero-order valence-electron chi connectivity index (χ0n) is 20.7. The Hall–Kier alpha value is -3.69. The second kappa shape index (κ2) is 10.7. The molecule has 6 N–H and O–H groups in total. The number of H-pyrrole nitrogens is 1. The standard InChI is InChI=1S/C25H28N2O3.C3H4O4/c1-25(12-17-10-15-4-2-3-5-16(15)11-18(17)13-25)26-14-22(29)19-6-8-21(28)24-20(19)7-9-23(30)27-24;4-2(5)1-3(6)7/h6-11,22,26,28-29H,2-5,12-14H2,1H3,(H,27,30);1H2,(H,4,5)(H,6,7)/t22-;/m0./s1. The molecule has 3 aromatic rings. The topological polar surface area (TPSA) is 160 Å². The van der Waals surface area contributed by atoms with E-state index in [1.807, 2.05) is 0 Å². The number of aliphatic hydroxyl groups is 1. The van der Waals surface area contributed by atoms with Crippen molar-refractivity contribution < 1.29 is 30.0 Å². The SMILES string of the molecule is CC1(NC[C@H](O)c2ccc(O)c3[nH]c(=O)ccc23)Cc2cc3c(cc2C1)CCCC3.O=C(O)CC(=O)O. The van der Waals surface area contributed by atoms with Crippen LogP contribution in [0.2, 0.25) is 0 Å². The molecule has 0 unspecified atom stereocenters. The number of pyridine rings is 1. The number of β-amino-alcohol motifs (C(OH)–C–C–N with tert-alkyl or cyclic N) is 1. The quantitative estimate of drug-likeness (QED) is 0.277. The zero-order chi connectivity index (χ0) is 26.7. The lowest BCUT2D eigenvalue weighted by Gasteiger charge is -2.27. The van der Waals surface area contributed by atoms with E-state index in [2.05, 4.69) is 29.4 Å². The summed E-state index contributed by atoms with van der Waals surface area (Å²) in [5.74, 6) is -2.62. The Morgan fingerprint density at radius 1 is 0.973 bits per heavy atom. The molecule has 0 aliphatic heterocycles. The second-order valence-corrected chi connectivity index (χ2v) is 10.2. The van der Waals surface area contributed by atoms with Crippen molar-refractivity contribution in [3.05, 3.63) is 74.6 Å². The zero-order valence-corrected chi connectivity index (χ0v) is 20.7. The Bertz CT molecular complexity index is 1350. The molecule has 0 bridgehead atoms. The van der Waals surface area contributed by atoms with Gasteiger partial charge in [-0.2, -0.15) is 0 Å². The third kappa shape index (κ3) is 6.18. The molecule has 2 aromatic carbocycles. The number of aromatic hydroxyl groups is 1. The molecule has 0 fully saturated rings. The van der Waals surface area contributed by atoms with Gasteiger partial charge < -0.3 is 30.7 Å². The summed E-state index contributed by atoms with van der Waals surface area (Å²) in [4.78, 5) is 33.1. The van der Waals surface area contributed by atoms with E-state index in [9.17, 15) is 24.6 Å². The van der Waals surface area contributed by atoms with Crippen molar-refractivity contribution in [3.8, 4) is 5.75 Å². The number of hydrogen-bond donors (Lipinski definition) is 6. The number of carboxylic acid groups (broad SMARTS) is 2. The first kappa shape index (κ1) is 26.4. The number of hydrogen-bond acceptors (Lipinski definition) is 6. The molecule has 1 atom stereocenters. The molecule has 0 amide bonds. The lowest BCUT2D eigenvalue weighted by molar-refractivity contribution is -0.147. The number of fused-ring (bicyclic) bond motifs is 3. The van der Waals surface area contributed by atoms with Gasteiger partial charge in [-0.25, -0.2) is 0 Å². The van der Waals surface area contributed by atoms with Crippen LogP contribution in [-0.2, 0) is 35.3 Å². The molecule has 0 saturated carbocycles. The lowest BCUT2D eigenvalue weighted by atomic mass is 9.89. The average molecular weight is 509 g/mol. The maximum atomic E-state index is 11.6. The number of aryl methyl sites for hydroxylation is 2. The van der Waals surface area contributed by atoms with Crippen molar-refractivity contribution in [3.63, 3.8) is 0 Å². The Balaban J connectivity index is 0.000000405. The molecule has 196 valence electrons. The number of aliphatic hydroxyl groups excluding tert-OH is 1. The summed E-state index contributed by atoms with van der Waals surface area (Å²) in [5.41, 5.74) is 6.61. The van der Waals surface area contributed by atoms with E-state index in [1.165, 1.54) is 60.1 Å². The number of carbonyl (C=O) groups is 2. The van der Waals surface area contributed by atoms with E-state index in [0.29, 0.717) is 23.0 Å². The first-order chi connectivity index (χ1) is 17.5. The summed E-state index contributed by atoms with van der Waals surface area (Å²) >= 11 is 0. The summed E-state index contributed by atoms with van der Waals surface area (Å²) in [6, 6.07) is 11.1. The molecular formula is C28H32N2O7. The van der Waals surface area contributed by atoms with Gasteiger partial charge in [-0.15, -0.1) is 0 Å². The molecule has 0 saturated heterocycles. The number of phenolic OH excluding ortho intramolecular Hbond substituents is 1. The molecule has 2 aliphatic carbocycles. The number of aliphatic carboxylic acids is 2. The number of phenols is 1. The number of rotatable bonds is 6. The van der Waals surface area contributed by atoms with Crippen molar-refractivity contribution in [2.24, 2.45) is 0 Å². The predicted octanol–water partition coefficient (Wildman–Crippen LogP) is 2.84. The molecule has 5 rings (SSSR count). The van der Waals surface area contributed by atoms with Gasteiger partial charge in [0, 0.05) is 23.5 Å². The van der Waals surface area contributed by atoms with Gasteiger partial charge in [-0.1, -0.05) is 18.2 Å². The number of carboxylic acids is 2. The van der Waals surface area contributed by atoms with Gasteiger partial charge in [0.05, 0.1) is 11.6 Å². The van der Waals surface area contributed by atoms with E-state index in [4.69, 9.17) is 10.2 Å². The van der Waals surface area contributed by atoms with Crippen LogP contribution < -0.4 is 10.9 Å². The minimum absolute atomic E-state index is 0.00813. The Labute approximate surface area is 213 Å². The summed E-state index contributed by atoms with van der Waals surface area (Å²) < 4.78 is 0. The molecule has 9 heteroatoms. The highest BCUT2D eigenvalue weighted by molar-refractivity contribution is 5.89. The van der Waals surface area contributed by atoms with Crippen LogP contribution in [0.3, 0.4) is 0 Å². The fourth-order valence-electron chi connectivity index (χ4n) is 5.38. The molecule has 0 radical (unpaired) electrons. The van der Waals surface area contributed by atoms with E-state index < -0.39 is 24.5 Å². The highest BCUT2D eigenvalue weighted by atomic mass is 16.4. The highest BCUT2D eigenvalue weighted by Crippen LogP contribution is 2.35. The van der Waals surface area contributed by atoms with Crippen LogP contribution >= 0.6 is 0 Å². The Morgan fingerprint density at radius 2 is 1.57 bits per heavy atom. The maximum Gasteiger partial charge on any atom is 0.314 e. The van der Waals surface area contributed by atoms with Gasteiger partial charge in [-0.05, 0) is 85.4 Å². The Kier molecular flexibility index (Phi) is 7.65. The number of aromatic amines is 1. The van der Waals surface area contributed by atoms with Crippen molar-refractivity contribution >= 4 is 22.8 Å². The van der Waals surface area contributed by atoms with Gasteiger partial charge >= 0.3 is 11.9 Å². The largest absolute Gasteiger partial charge is 0.506 e. The molecule has 0 spiro atoms. The third-order valence-corrected chi connectivity index (χ3v) is 7.12. The molecule has 9 nitrogen and oxygen atoms in total. The molecule has 2 aliphatic rings. The monoisotopic (exact) mass is 508 g/mol. The molecule has 1 aromatic heterocycles. The number of aromatic nitrogens is 1. The van der Waals surface area contributed by atoms with Gasteiger partial charge in [0.15, 0.2) is 0 Å². The minimum Gasteiger partial charge on any atom is -0.506 e. The molecule has 37 heavy (non-hydrogen) atoms. The third-order valence-electron chi connectivity index (χ3n) is 7.12. The fourth-order valence-corrected chi connectivity index (χ4v) is 5.38. The maximum absolute atomic E-state index is 11.6. The Morgan fingerprint density at radius 3 is 2.11 bits per heavy atom. The molecule has 1 heterocycles. The van der Waals surface area contributed by atoms with Gasteiger partial charge in [-0.3, -0.25) is 14.4 Å². The summed E-state index contributed by atoms with van der Waals surface area (Å²) in [5, 5.41) is 40.6. The summed E-state index contributed by atoms with van der Waals surface area (Å²) in [6.07, 6.45) is 5.35. The average Bonchev–Trinajstić information content (AvgIpc) is 3.16. The van der Waals surface area contributed by atoms with Gasteiger partial charge in [0.1, 0.15) is 12.2 Å². The highest BCUT2D eigenvalue weighted by Gasteiger charge is 2.34. The molecular weight excluding hydrogens is 476 g/mol. The van der Waals surface area contributed by atoms with Crippen LogP contribution in [0.1, 0.15) is 60.1 Å². The minimum atomic E-state index is -1.31. The summed E-state index contributed by atoms with van der Waals surface area (Å²) in [7, 11) is 0. The second-order valence-electron chi connectivity index (χ2n) is 10.2. The van der Waals surface area contributed by atoms with Crippen molar-refractivity contribution in [2.45, 2.75) is 63.5 Å². The van der Waals surface area contributed by atoms with Crippen molar-refractivity contribution in [1.82, 2.24) is 10.3 Å². The van der Waals surface area contributed by atoms with Crippen molar-refractivity contribution in [2.75, 3.05) is 6.54 Å². The number of nitrogens with one attached hydrogen (secondary N) is 2. The van der Waals surface area contributed by atoms with Crippen LogP contribution in [0.4, 0.5) is 0 Å². The van der Waals surface area contributed by atoms with Crippen LogP contribution in [-0.4, -0.2) is 49.4 Å².